The molecule has 1 rings (SSSR count). The first-order valence-corrected chi connectivity index (χ1v) is 3.35. The molecule has 0 spiro atoms. The Labute approximate surface area is 67.7 Å². The molecule has 0 saturated carbocycles. The highest BCUT2D eigenvalue weighted by Crippen LogP contribution is 2.35. The lowest BCUT2D eigenvalue weighted by molar-refractivity contribution is -0.171. The number of hydrogen-bond acceptors (Lipinski definition) is 2. The Morgan fingerprint density at radius 1 is 1.42 bits per heavy atom. The summed E-state index contributed by atoms with van der Waals surface area (Å²) >= 11 is 0. The average Bonchev–Trinajstić information content (AvgIpc) is 1.83. The Hall–Kier alpha value is -0.970. The number of rotatable bonds is 0. The minimum absolute atomic E-state index is 0.150. The highest BCUT2D eigenvalue weighted by Gasteiger charge is 2.50. The molecule has 0 aromatic carbocycles. The quantitative estimate of drug-likeness (QED) is 0.582. The van der Waals surface area contributed by atoms with Gasteiger partial charge in [0.05, 0.1) is 0 Å². The van der Waals surface area contributed by atoms with Gasteiger partial charge in [-0.1, -0.05) is 12.2 Å². The molecule has 0 saturated heterocycles. The van der Waals surface area contributed by atoms with Crippen LogP contribution in [0.25, 0.3) is 0 Å². The summed E-state index contributed by atoms with van der Waals surface area (Å²) in [6.07, 6.45) is -1.25. The fourth-order valence-corrected chi connectivity index (χ4v) is 0.994. The van der Waals surface area contributed by atoms with E-state index in [-0.39, 0.29) is 12.1 Å². The summed E-state index contributed by atoms with van der Waals surface area (Å²) in [5.74, 6) is 0. The monoisotopic (exact) mass is 178 g/mol. The van der Waals surface area contributed by atoms with Crippen molar-refractivity contribution in [2.75, 3.05) is 0 Å². The molecule has 0 heterocycles. The zero-order chi connectivity index (χ0) is 9.41. The second kappa shape index (κ2) is 2.52. The first-order valence-electron chi connectivity index (χ1n) is 3.35. The van der Waals surface area contributed by atoms with Crippen LogP contribution in [0.15, 0.2) is 23.9 Å². The van der Waals surface area contributed by atoms with Gasteiger partial charge >= 0.3 is 6.18 Å². The largest absolute Gasteiger partial charge is 0.410 e. The van der Waals surface area contributed by atoms with Crippen LogP contribution in [0, 0.1) is 0 Å². The van der Waals surface area contributed by atoms with Crippen LogP contribution in [0.1, 0.15) is 6.42 Å². The lowest BCUT2D eigenvalue weighted by atomic mass is 9.90. The molecule has 0 radical (unpaired) electrons. The molecule has 0 fully saturated rings. The lowest BCUT2D eigenvalue weighted by Crippen LogP contribution is -2.53. The standard InChI is InChI=1S/C7H9F3N2/c8-7(9,10)6(12)3-1-2-5(11)4-6/h1-3H,4,11-12H2. The maximum absolute atomic E-state index is 12.2. The molecule has 1 unspecified atom stereocenters. The molecule has 0 aromatic rings. The molecular formula is C7H9F3N2. The van der Waals surface area contributed by atoms with E-state index in [0.29, 0.717) is 0 Å². The van der Waals surface area contributed by atoms with Crippen molar-refractivity contribution in [3.8, 4) is 0 Å². The lowest BCUT2D eigenvalue weighted by Gasteiger charge is -2.30. The maximum Gasteiger partial charge on any atom is 0.410 e. The van der Waals surface area contributed by atoms with Gasteiger partial charge in [-0.3, -0.25) is 0 Å². The van der Waals surface area contributed by atoms with Crippen LogP contribution in [0.3, 0.4) is 0 Å². The third-order valence-corrected chi connectivity index (χ3v) is 1.73. The molecule has 12 heavy (non-hydrogen) atoms. The smallest absolute Gasteiger partial charge is 0.402 e. The topological polar surface area (TPSA) is 52.0 Å². The first-order chi connectivity index (χ1) is 5.35. The molecule has 68 valence electrons. The molecular weight excluding hydrogens is 169 g/mol. The molecule has 0 bridgehead atoms. The number of halogens is 3. The third kappa shape index (κ3) is 1.45. The van der Waals surface area contributed by atoms with Crippen LogP contribution in [0.5, 0.6) is 0 Å². The van der Waals surface area contributed by atoms with Gasteiger partial charge in [0.1, 0.15) is 5.54 Å². The number of allylic oxidation sites excluding steroid dienone is 2. The van der Waals surface area contributed by atoms with E-state index in [1.54, 1.807) is 0 Å². The van der Waals surface area contributed by atoms with Crippen molar-refractivity contribution in [3.05, 3.63) is 23.9 Å². The van der Waals surface area contributed by atoms with Crippen LogP contribution < -0.4 is 11.5 Å². The van der Waals surface area contributed by atoms with E-state index >= 15 is 0 Å². The fraction of sp³-hybridized carbons (Fsp3) is 0.429. The van der Waals surface area contributed by atoms with Gasteiger partial charge in [0.15, 0.2) is 0 Å². The van der Waals surface area contributed by atoms with Gasteiger partial charge < -0.3 is 11.5 Å². The van der Waals surface area contributed by atoms with Crippen LogP contribution in [0.4, 0.5) is 13.2 Å². The molecule has 1 atom stereocenters. The summed E-state index contributed by atoms with van der Waals surface area (Å²) in [6.45, 7) is 0. The van der Waals surface area contributed by atoms with Crippen molar-refractivity contribution in [1.29, 1.82) is 0 Å². The van der Waals surface area contributed by atoms with Crippen molar-refractivity contribution in [1.82, 2.24) is 0 Å². The van der Waals surface area contributed by atoms with E-state index in [0.717, 1.165) is 6.08 Å². The molecule has 2 nitrogen and oxygen atoms in total. The van der Waals surface area contributed by atoms with E-state index in [1.165, 1.54) is 12.2 Å². The van der Waals surface area contributed by atoms with Gasteiger partial charge in [-0.2, -0.15) is 13.2 Å². The van der Waals surface area contributed by atoms with Gasteiger partial charge in [-0.15, -0.1) is 0 Å². The highest BCUT2D eigenvalue weighted by molar-refractivity contribution is 5.26. The summed E-state index contributed by atoms with van der Waals surface area (Å²) < 4.78 is 36.7. The molecule has 5 heteroatoms. The number of hydrogen-bond donors (Lipinski definition) is 2. The molecule has 4 N–H and O–H groups in total. The van der Waals surface area contributed by atoms with Crippen LogP contribution in [-0.2, 0) is 0 Å². The normalized spacial score (nSPS) is 30.2. The van der Waals surface area contributed by atoms with Gasteiger partial charge in [0.2, 0.25) is 0 Å². The van der Waals surface area contributed by atoms with Crippen LogP contribution in [0.2, 0.25) is 0 Å². The summed E-state index contributed by atoms with van der Waals surface area (Å²) in [5.41, 5.74) is 8.20. The molecule has 0 aliphatic heterocycles. The Kier molecular flexibility index (Phi) is 1.91. The molecule has 1 aliphatic carbocycles. The SMILES string of the molecule is NC1=CC=CC(N)(C(F)(F)F)C1. The van der Waals surface area contributed by atoms with E-state index in [9.17, 15) is 13.2 Å². The zero-order valence-electron chi connectivity index (χ0n) is 6.23. The Balaban J connectivity index is 2.90. The minimum atomic E-state index is -4.44. The summed E-state index contributed by atoms with van der Waals surface area (Å²) in [7, 11) is 0. The average molecular weight is 178 g/mol. The van der Waals surface area contributed by atoms with Crippen LogP contribution >= 0.6 is 0 Å². The predicted octanol–water partition coefficient (Wildman–Crippen LogP) is 1.05. The summed E-state index contributed by atoms with van der Waals surface area (Å²) in [6, 6.07) is 0. The van der Waals surface area contributed by atoms with Gasteiger partial charge in [0, 0.05) is 12.1 Å². The molecule has 0 aromatic heterocycles. The second-order valence-electron chi connectivity index (χ2n) is 2.82. The maximum atomic E-state index is 12.2. The van der Waals surface area contributed by atoms with Crippen LogP contribution in [-0.4, -0.2) is 11.7 Å². The van der Waals surface area contributed by atoms with E-state index in [1.807, 2.05) is 0 Å². The Morgan fingerprint density at radius 3 is 2.33 bits per heavy atom. The van der Waals surface area contributed by atoms with Crippen molar-refractivity contribution < 1.29 is 13.2 Å². The second-order valence-corrected chi connectivity index (χ2v) is 2.82. The van der Waals surface area contributed by atoms with E-state index in [2.05, 4.69) is 0 Å². The van der Waals surface area contributed by atoms with Crippen molar-refractivity contribution >= 4 is 0 Å². The minimum Gasteiger partial charge on any atom is -0.402 e. The third-order valence-electron chi connectivity index (χ3n) is 1.73. The van der Waals surface area contributed by atoms with Gasteiger partial charge in [0.25, 0.3) is 0 Å². The fourth-order valence-electron chi connectivity index (χ4n) is 0.994. The summed E-state index contributed by atoms with van der Waals surface area (Å²) in [4.78, 5) is 0. The first kappa shape index (κ1) is 9.12. The van der Waals surface area contributed by atoms with Crippen molar-refractivity contribution in [2.24, 2.45) is 11.5 Å². The Bertz CT molecular complexity index is 242. The zero-order valence-corrected chi connectivity index (χ0v) is 6.23. The number of alkyl halides is 3. The summed E-state index contributed by atoms with van der Waals surface area (Å²) in [5, 5.41) is 0. The van der Waals surface area contributed by atoms with E-state index < -0.39 is 11.7 Å². The van der Waals surface area contributed by atoms with Crippen molar-refractivity contribution in [3.63, 3.8) is 0 Å². The Morgan fingerprint density at radius 2 is 2.00 bits per heavy atom. The van der Waals surface area contributed by atoms with Gasteiger partial charge in [-0.25, -0.2) is 0 Å². The van der Waals surface area contributed by atoms with Crippen molar-refractivity contribution in [2.45, 2.75) is 18.1 Å². The number of nitrogens with two attached hydrogens (primary N) is 2. The predicted molar refractivity (Wildman–Crippen MR) is 39.0 cm³/mol. The highest BCUT2D eigenvalue weighted by atomic mass is 19.4. The molecule has 0 amide bonds. The van der Waals surface area contributed by atoms with E-state index in [4.69, 9.17) is 11.5 Å². The molecule has 1 aliphatic rings. The van der Waals surface area contributed by atoms with Gasteiger partial charge in [-0.05, 0) is 6.08 Å².